The molecule has 1 aliphatic rings. The average Bonchev–Trinajstić information content (AvgIpc) is 2.55. The van der Waals surface area contributed by atoms with Crippen LogP contribution in [0.15, 0.2) is 24.3 Å². The van der Waals surface area contributed by atoms with Crippen molar-refractivity contribution in [3.05, 3.63) is 35.4 Å². The Labute approximate surface area is 140 Å². The summed E-state index contributed by atoms with van der Waals surface area (Å²) < 4.78 is 37.7. The van der Waals surface area contributed by atoms with Crippen molar-refractivity contribution in [3.8, 4) is 12.3 Å². The Hall–Kier alpha value is -2.00. The number of carbonyl (C=O) groups excluding carboxylic acids is 1. The lowest BCUT2D eigenvalue weighted by Gasteiger charge is -2.30. The van der Waals surface area contributed by atoms with Crippen molar-refractivity contribution in [2.75, 3.05) is 19.6 Å². The lowest BCUT2D eigenvalue weighted by Crippen LogP contribution is -2.41. The molecule has 1 amide bonds. The number of terminal acetylenes is 1. The van der Waals surface area contributed by atoms with Gasteiger partial charge in [-0.25, -0.2) is 0 Å². The monoisotopic (exact) mass is 338 g/mol. The van der Waals surface area contributed by atoms with E-state index in [-0.39, 0.29) is 17.9 Å². The number of piperidine rings is 1. The average molecular weight is 338 g/mol. The fraction of sp³-hybridized carbons (Fsp3) is 0.500. The summed E-state index contributed by atoms with van der Waals surface area (Å²) in [6.07, 6.45) is 2.42. The number of hydrogen-bond donors (Lipinski definition) is 1. The van der Waals surface area contributed by atoms with Crippen LogP contribution in [0, 0.1) is 18.3 Å². The Bertz CT molecular complexity index is 596. The first-order chi connectivity index (χ1) is 11.3. The largest absolute Gasteiger partial charge is 0.416 e. The molecule has 3 nitrogen and oxygen atoms in total. The highest BCUT2D eigenvalue weighted by Crippen LogP contribution is 2.30. The normalized spacial score (nSPS) is 18.0. The minimum Gasteiger partial charge on any atom is -0.349 e. The van der Waals surface area contributed by atoms with Crippen LogP contribution in [0.2, 0.25) is 0 Å². The van der Waals surface area contributed by atoms with Gasteiger partial charge in [0.25, 0.3) is 0 Å². The van der Waals surface area contributed by atoms with E-state index in [1.165, 1.54) is 12.1 Å². The number of carbonyl (C=O) groups is 1. The zero-order valence-electron chi connectivity index (χ0n) is 13.6. The number of alkyl halides is 3. The molecule has 0 unspecified atom stereocenters. The first-order valence-corrected chi connectivity index (χ1v) is 7.94. The number of nitrogens with one attached hydrogen (secondary N) is 1. The zero-order valence-corrected chi connectivity index (χ0v) is 13.6. The number of hydrogen-bond acceptors (Lipinski definition) is 2. The standard InChI is InChI=1S/C18H21F3N2O/c1-3-10-23-11-8-15(9-12-23)17(24)22-13(2)14-4-6-16(7-5-14)18(19,20)21/h1,4-7,13,15H,8-12H2,2H3,(H,22,24)/t13-/m0/s1. The lowest BCUT2D eigenvalue weighted by atomic mass is 9.95. The summed E-state index contributed by atoms with van der Waals surface area (Å²) in [6, 6.07) is 4.56. The molecule has 0 spiro atoms. The zero-order chi connectivity index (χ0) is 17.7. The molecule has 1 N–H and O–H groups in total. The Kier molecular flexibility index (Phi) is 5.89. The molecule has 1 aliphatic heterocycles. The summed E-state index contributed by atoms with van der Waals surface area (Å²) in [4.78, 5) is 14.5. The summed E-state index contributed by atoms with van der Waals surface area (Å²) in [6.45, 7) is 3.94. The molecule has 1 aromatic rings. The maximum atomic E-state index is 12.6. The van der Waals surface area contributed by atoms with Gasteiger partial charge in [0.2, 0.25) is 5.91 Å². The summed E-state index contributed by atoms with van der Waals surface area (Å²) in [5, 5.41) is 2.89. The van der Waals surface area contributed by atoms with E-state index >= 15 is 0 Å². The lowest BCUT2D eigenvalue weighted by molar-refractivity contribution is -0.137. The molecule has 0 bridgehead atoms. The first-order valence-electron chi connectivity index (χ1n) is 7.94. The van der Waals surface area contributed by atoms with Crippen molar-refractivity contribution < 1.29 is 18.0 Å². The molecule has 1 fully saturated rings. The topological polar surface area (TPSA) is 32.3 Å². The number of amides is 1. The molecule has 1 saturated heterocycles. The number of likely N-dealkylation sites (tertiary alicyclic amines) is 1. The van der Waals surface area contributed by atoms with Crippen LogP contribution < -0.4 is 5.32 Å². The van der Waals surface area contributed by atoms with Gasteiger partial charge in [-0.15, -0.1) is 6.42 Å². The van der Waals surface area contributed by atoms with Gasteiger partial charge in [0.15, 0.2) is 0 Å². The molecular formula is C18H21F3N2O. The Morgan fingerprint density at radius 3 is 2.42 bits per heavy atom. The second-order valence-electron chi connectivity index (χ2n) is 6.10. The van der Waals surface area contributed by atoms with Crippen LogP contribution in [0.4, 0.5) is 13.2 Å². The highest BCUT2D eigenvalue weighted by Gasteiger charge is 2.30. The van der Waals surface area contributed by atoms with Crippen LogP contribution in [0.3, 0.4) is 0 Å². The van der Waals surface area contributed by atoms with Crippen LogP contribution in [-0.2, 0) is 11.0 Å². The van der Waals surface area contributed by atoms with E-state index in [0.717, 1.165) is 38.1 Å². The van der Waals surface area contributed by atoms with Crippen LogP contribution in [0.5, 0.6) is 0 Å². The number of nitrogens with zero attached hydrogens (tertiary/aromatic N) is 1. The maximum absolute atomic E-state index is 12.6. The Morgan fingerprint density at radius 2 is 1.92 bits per heavy atom. The van der Waals surface area contributed by atoms with Gasteiger partial charge in [0.1, 0.15) is 0 Å². The predicted molar refractivity (Wildman–Crippen MR) is 86.0 cm³/mol. The van der Waals surface area contributed by atoms with Crippen LogP contribution in [0.25, 0.3) is 0 Å². The van der Waals surface area contributed by atoms with Gasteiger partial charge in [0.05, 0.1) is 18.2 Å². The molecule has 1 atom stereocenters. The third kappa shape index (κ3) is 4.75. The molecule has 0 aliphatic carbocycles. The van der Waals surface area contributed by atoms with E-state index in [4.69, 9.17) is 6.42 Å². The summed E-state index contributed by atoms with van der Waals surface area (Å²) >= 11 is 0. The molecule has 130 valence electrons. The van der Waals surface area contributed by atoms with E-state index in [9.17, 15) is 18.0 Å². The fourth-order valence-electron chi connectivity index (χ4n) is 2.86. The molecule has 24 heavy (non-hydrogen) atoms. The van der Waals surface area contributed by atoms with Crippen molar-refractivity contribution in [1.82, 2.24) is 10.2 Å². The van der Waals surface area contributed by atoms with E-state index in [1.54, 1.807) is 6.92 Å². The molecule has 0 aromatic heterocycles. The Morgan fingerprint density at radius 1 is 1.33 bits per heavy atom. The smallest absolute Gasteiger partial charge is 0.349 e. The highest BCUT2D eigenvalue weighted by atomic mass is 19.4. The van der Waals surface area contributed by atoms with E-state index in [1.807, 2.05) is 0 Å². The molecule has 0 saturated carbocycles. The van der Waals surface area contributed by atoms with Crippen LogP contribution in [-0.4, -0.2) is 30.4 Å². The van der Waals surface area contributed by atoms with Gasteiger partial charge in [-0.2, -0.15) is 13.2 Å². The van der Waals surface area contributed by atoms with Crippen LogP contribution >= 0.6 is 0 Å². The van der Waals surface area contributed by atoms with E-state index in [2.05, 4.69) is 16.1 Å². The van der Waals surface area contributed by atoms with Crippen molar-refractivity contribution >= 4 is 5.91 Å². The third-order valence-electron chi connectivity index (χ3n) is 4.37. The van der Waals surface area contributed by atoms with Crippen molar-refractivity contribution in [3.63, 3.8) is 0 Å². The summed E-state index contributed by atoms with van der Waals surface area (Å²) in [7, 11) is 0. The van der Waals surface area contributed by atoms with E-state index in [0.29, 0.717) is 12.1 Å². The van der Waals surface area contributed by atoms with Gasteiger partial charge in [-0.3, -0.25) is 9.69 Å². The molecule has 6 heteroatoms. The quantitative estimate of drug-likeness (QED) is 0.855. The van der Waals surface area contributed by atoms with Gasteiger partial charge in [-0.1, -0.05) is 18.1 Å². The molecule has 0 radical (unpaired) electrons. The van der Waals surface area contributed by atoms with Gasteiger partial charge < -0.3 is 5.32 Å². The van der Waals surface area contributed by atoms with Crippen molar-refractivity contribution in [1.29, 1.82) is 0 Å². The van der Waals surface area contributed by atoms with Crippen LogP contribution in [0.1, 0.15) is 36.9 Å². The van der Waals surface area contributed by atoms with Gasteiger partial charge >= 0.3 is 6.18 Å². The molecule has 1 heterocycles. The maximum Gasteiger partial charge on any atom is 0.416 e. The van der Waals surface area contributed by atoms with Crippen molar-refractivity contribution in [2.45, 2.75) is 32.0 Å². The third-order valence-corrected chi connectivity index (χ3v) is 4.37. The minimum atomic E-state index is -4.35. The number of halogens is 3. The molecule has 1 aromatic carbocycles. The highest BCUT2D eigenvalue weighted by molar-refractivity contribution is 5.79. The summed E-state index contributed by atoms with van der Waals surface area (Å²) in [5.41, 5.74) is -0.0354. The first kappa shape index (κ1) is 18.3. The molecular weight excluding hydrogens is 317 g/mol. The molecule has 2 rings (SSSR count). The SMILES string of the molecule is C#CCN1CCC(C(=O)N[C@@H](C)c2ccc(C(F)(F)F)cc2)CC1. The number of benzene rings is 1. The van der Waals surface area contributed by atoms with Crippen molar-refractivity contribution in [2.24, 2.45) is 5.92 Å². The second kappa shape index (κ2) is 7.71. The van der Waals surface area contributed by atoms with Gasteiger partial charge in [0, 0.05) is 5.92 Å². The Balaban J connectivity index is 1.89. The second-order valence-corrected chi connectivity index (χ2v) is 6.10. The minimum absolute atomic E-state index is 0.0530. The fourth-order valence-corrected chi connectivity index (χ4v) is 2.86. The predicted octanol–water partition coefficient (Wildman–Crippen LogP) is 3.23. The number of rotatable bonds is 4. The van der Waals surface area contributed by atoms with Gasteiger partial charge in [-0.05, 0) is 50.6 Å². The summed E-state index contributed by atoms with van der Waals surface area (Å²) in [5.74, 6) is 2.47. The van der Waals surface area contributed by atoms with E-state index < -0.39 is 11.7 Å².